The normalized spacial score (nSPS) is 12.3. The van der Waals surface area contributed by atoms with Gasteiger partial charge in [0.15, 0.2) is 5.84 Å². The SMILES string of the molecule is C=C(N=C(N=C(C)c1ccccc1)c1cccc2c1sc1ccc(-c3ccc4c(c3)c3ccccc3n4-c3ccccc3)cc12)c1ccccc1. The van der Waals surface area contributed by atoms with Gasteiger partial charge in [0.25, 0.3) is 0 Å². The second kappa shape index (κ2) is 12.8. The largest absolute Gasteiger partial charge is 0.309 e. The Labute approximate surface area is 300 Å². The molecule has 0 spiro atoms. The number of fused-ring (bicyclic) bond motifs is 6. The first-order chi connectivity index (χ1) is 25.1. The van der Waals surface area contributed by atoms with E-state index in [1.807, 2.05) is 55.5 Å². The lowest BCUT2D eigenvalue weighted by atomic mass is 10.00. The van der Waals surface area contributed by atoms with Gasteiger partial charge in [0.2, 0.25) is 0 Å². The topological polar surface area (TPSA) is 29.6 Å². The summed E-state index contributed by atoms with van der Waals surface area (Å²) in [5, 5.41) is 4.92. The van der Waals surface area contributed by atoms with Gasteiger partial charge in [0.1, 0.15) is 0 Å². The number of benzene rings is 7. The van der Waals surface area contributed by atoms with Crippen LogP contribution in [0.5, 0.6) is 0 Å². The highest BCUT2D eigenvalue weighted by Gasteiger charge is 2.17. The van der Waals surface area contributed by atoms with Crippen molar-refractivity contribution in [2.24, 2.45) is 9.98 Å². The molecule has 0 radical (unpaired) electrons. The fourth-order valence-corrected chi connectivity index (χ4v) is 8.23. The molecule has 0 fully saturated rings. The highest BCUT2D eigenvalue weighted by molar-refractivity contribution is 7.26. The average Bonchev–Trinajstić information content (AvgIpc) is 3.74. The molecule has 0 N–H and O–H groups in total. The number of nitrogens with zero attached hydrogens (tertiary/aromatic N) is 3. The Bertz CT molecular complexity index is 2800. The van der Waals surface area contributed by atoms with Gasteiger partial charge in [-0.15, -0.1) is 11.3 Å². The molecule has 9 rings (SSSR count). The smallest absolute Gasteiger partial charge is 0.161 e. The number of rotatable bonds is 6. The van der Waals surface area contributed by atoms with E-state index in [1.54, 1.807) is 11.3 Å². The van der Waals surface area contributed by atoms with Gasteiger partial charge < -0.3 is 4.57 Å². The molecule has 4 heteroatoms. The lowest BCUT2D eigenvalue weighted by Crippen LogP contribution is -2.04. The summed E-state index contributed by atoms with van der Waals surface area (Å²) in [5.41, 5.74) is 10.6. The molecular formula is C47H33N3S. The van der Waals surface area contributed by atoms with Crippen molar-refractivity contribution in [3.05, 3.63) is 193 Å². The van der Waals surface area contributed by atoms with Crippen LogP contribution in [0.2, 0.25) is 0 Å². The monoisotopic (exact) mass is 671 g/mol. The minimum atomic E-state index is 0.655. The minimum absolute atomic E-state index is 0.655. The summed E-state index contributed by atoms with van der Waals surface area (Å²) in [6.45, 7) is 6.39. The summed E-state index contributed by atoms with van der Waals surface area (Å²) in [5.74, 6) is 0.655. The molecule has 0 bridgehead atoms. The third-order valence-electron chi connectivity index (χ3n) is 9.57. The predicted molar refractivity (Wildman–Crippen MR) is 220 cm³/mol. The lowest BCUT2D eigenvalue weighted by Gasteiger charge is -2.09. The van der Waals surface area contributed by atoms with E-state index in [-0.39, 0.29) is 0 Å². The third-order valence-corrected chi connectivity index (χ3v) is 10.8. The van der Waals surface area contributed by atoms with Crippen LogP contribution < -0.4 is 0 Å². The zero-order valence-corrected chi connectivity index (χ0v) is 28.9. The maximum Gasteiger partial charge on any atom is 0.161 e. The quantitative estimate of drug-likeness (QED) is 0.124. The van der Waals surface area contributed by atoms with Gasteiger partial charge >= 0.3 is 0 Å². The van der Waals surface area contributed by atoms with Crippen molar-refractivity contribution in [2.45, 2.75) is 6.92 Å². The summed E-state index contributed by atoms with van der Waals surface area (Å²) in [6, 6.07) is 59.8. The predicted octanol–water partition coefficient (Wildman–Crippen LogP) is 12.7. The summed E-state index contributed by atoms with van der Waals surface area (Å²) in [7, 11) is 0. The molecule has 7 aromatic carbocycles. The molecule has 3 nitrogen and oxygen atoms in total. The maximum atomic E-state index is 5.16. The van der Waals surface area contributed by atoms with Crippen LogP contribution in [0, 0.1) is 0 Å². The van der Waals surface area contributed by atoms with Gasteiger partial charge in [-0.3, -0.25) is 0 Å². The van der Waals surface area contributed by atoms with Crippen LogP contribution in [0.4, 0.5) is 0 Å². The van der Waals surface area contributed by atoms with Crippen LogP contribution in [0.25, 0.3) is 64.5 Å². The molecule has 2 aromatic heterocycles. The molecule has 0 aliphatic rings. The van der Waals surface area contributed by atoms with E-state index in [9.17, 15) is 0 Å². The van der Waals surface area contributed by atoms with E-state index in [4.69, 9.17) is 9.98 Å². The van der Waals surface area contributed by atoms with Crippen molar-refractivity contribution in [1.29, 1.82) is 0 Å². The van der Waals surface area contributed by atoms with Crippen molar-refractivity contribution in [2.75, 3.05) is 0 Å². The van der Waals surface area contributed by atoms with Crippen molar-refractivity contribution in [1.82, 2.24) is 4.57 Å². The molecule has 51 heavy (non-hydrogen) atoms. The zero-order chi connectivity index (χ0) is 34.3. The highest BCUT2D eigenvalue weighted by Crippen LogP contribution is 2.40. The molecule has 9 aromatic rings. The van der Waals surface area contributed by atoms with Crippen molar-refractivity contribution >= 4 is 70.6 Å². The Hall–Kier alpha value is -6.36. The first-order valence-corrected chi connectivity index (χ1v) is 17.9. The third kappa shape index (κ3) is 5.56. The standard InChI is InChI=1S/C47H33N3S/c1-31(33-15-6-3-7-16-33)48-47(49-32(2)34-17-8-4-9-18-34)40-23-14-22-39-42-30-36(26-28-45(42)51-46(39)40)35-25-27-44-41(29-35)38-21-12-13-24-43(38)50(44)37-19-10-5-11-20-37/h3-30H,1H2,2H3. The zero-order valence-electron chi connectivity index (χ0n) is 28.1. The highest BCUT2D eigenvalue weighted by atomic mass is 32.1. The average molecular weight is 672 g/mol. The van der Waals surface area contributed by atoms with E-state index in [2.05, 4.69) is 132 Å². The fourth-order valence-electron chi connectivity index (χ4n) is 7.03. The number of hydrogen-bond donors (Lipinski definition) is 0. The Morgan fingerprint density at radius 3 is 1.90 bits per heavy atom. The van der Waals surface area contributed by atoms with Crippen LogP contribution in [-0.4, -0.2) is 16.1 Å². The maximum absolute atomic E-state index is 5.16. The molecule has 2 heterocycles. The summed E-state index contributed by atoms with van der Waals surface area (Å²) in [4.78, 5) is 10.2. The summed E-state index contributed by atoms with van der Waals surface area (Å²) < 4.78 is 4.75. The van der Waals surface area contributed by atoms with Crippen LogP contribution in [0.1, 0.15) is 23.6 Å². The van der Waals surface area contributed by atoms with Gasteiger partial charge in [0, 0.05) is 47.9 Å². The number of thiophene rings is 1. The van der Waals surface area contributed by atoms with E-state index in [1.165, 1.54) is 48.4 Å². The number of aliphatic imine (C=N–C) groups is 2. The number of aromatic nitrogens is 1. The molecular weight excluding hydrogens is 639 g/mol. The van der Waals surface area contributed by atoms with Crippen LogP contribution >= 0.6 is 11.3 Å². The molecule has 0 atom stereocenters. The van der Waals surface area contributed by atoms with Crippen LogP contribution in [0.3, 0.4) is 0 Å². The van der Waals surface area contributed by atoms with Gasteiger partial charge in [0.05, 0.1) is 16.7 Å². The second-order valence-electron chi connectivity index (χ2n) is 12.7. The van der Waals surface area contributed by atoms with E-state index in [0.717, 1.165) is 32.8 Å². The molecule has 0 aliphatic carbocycles. The minimum Gasteiger partial charge on any atom is -0.309 e. The Morgan fingerprint density at radius 1 is 0.529 bits per heavy atom. The molecule has 0 saturated carbocycles. The second-order valence-corrected chi connectivity index (χ2v) is 13.8. The van der Waals surface area contributed by atoms with E-state index in [0.29, 0.717) is 11.5 Å². The van der Waals surface area contributed by atoms with Crippen molar-refractivity contribution in [3.63, 3.8) is 0 Å². The van der Waals surface area contributed by atoms with E-state index < -0.39 is 0 Å². The summed E-state index contributed by atoms with van der Waals surface area (Å²) >= 11 is 1.79. The Kier molecular flexibility index (Phi) is 7.72. The molecule has 0 amide bonds. The molecule has 0 saturated heterocycles. The summed E-state index contributed by atoms with van der Waals surface area (Å²) in [6.07, 6.45) is 0. The lowest BCUT2D eigenvalue weighted by molar-refractivity contribution is 1.18. The number of amidine groups is 1. The number of hydrogen-bond acceptors (Lipinski definition) is 2. The van der Waals surface area contributed by atoms with E-state index >= 15 is 0 Å². The van der Waals surface area contributed by atoms with Gasteiger partial charge in [-0.25, -0.2) is 9.98 Å². The Balaban J connectivity index is 1.18. The van der Waals surface area contributed by atoms with Crippen molar-refractivity contribution < 1.29 is 0 Å². The van der Waals surface area contributed by atoms with Gasteiger partial charge in [-0.05, 0) is 77.7 Å². The van der Waals surface area contributed by atoms with Crippen LogP contribution in [0.15, 0.2) is 186 Å². The van der Waals surface area contributed by atoms with Gasteiger partial charge in [-0.1, -0.05) is 128 Å². The number of para-hydroxylation sites is 2. The van der Waals surface area contributed by atoms with Crippen molar-refractivity contribution in [3.8, 4) is 16.8 Å². The Morgan fingerprint density at radius 2 is 1.14 bits per heavy atom. The van der Waals surface area contributed by atoms with Crippen LogP contribution in [-0.2, 0) is 0 Å². The van der Waals surface area contributed by atoms with Gasteiger partial charge in [-0.2, -0.15) is 0 Å². The first-order valence-electron chi connectivity index (χ1n) is 17.1. The fraction of sp³-hybridized carbons (Fsp3) is 0.0213. The molecule has 0 aliphatic heterocycles. The first kappa shape index (κ1) is 30.7. The molecule has 0 unspecified atom stereocenters. The molecule has 242 valence electrons.